The molecule has 120 valence electrons. The molecule has 0 saturated heterocycles. The van der Waals surface area contributed by atoms with Crippen molar-refractivity contribution < 1.29 is 14.0 Å². The van der Waals surface area contributed by atoms with E-state index in [9.17, 15) is 14.0 Å². The number of hydrogen-bond acceptors (Lipinski definition) is 3. The molecule has 2 N–H and O–H groups in total. The van der Waals surface area contributed by atoms with Crippen LogP contribution in [-0.4, -0.2) is 34.7 Å². The van der Waals surface area contributed by atoms with Gasteiger partial charge in [0.1, 0.15) is 11.5 Å². The lowest BCUT2D eigenvalue weighted by molar-refractivity contribution is 0.0940. The van der Waals surface area contributed by atoms with Crippen LogP contribution in [0.25, 0.3) is 0 Å². The smallest absolute Gasteiger partial charge is 0.272 e. The van der Waals surface area contributed by atoms with E-state index in [1.54, 1.807) is 12.1 Å². The van der Waals surface area contributed by atoms with Crippen molar-refractivity contribution >= 4 is 11.8 Å². The summed E-state index contributed by atoms with van der Waals surface area (Å²) in [6.45, 7) is 0.278. The third-order valence-electron chi connectivity index (χ3n) is 3.63. The Labute approximate surface area is 132 Å². The summed E-state index contributed by atoms with van der Waals surface area (Å²) in [7, 11) is 1.52. The standard InChI is InChI=1S/C16H17FN4O2/c1-18-16(23)14-8-13(15(22)19-12-6-7-12)20-21(14)9-10-2-4-11(17)5-3-10/h2-5,8,12H,6-7,9H2,1H3,(H,18,23)(H,19,22). The maximum atomic E-state index is 13.0. The maximum Gasteiger partial charge on any atom is 0.272 e. The number of amides is 2. The van der Waals surface area contributed by atoms with Crippen molar-refractivity contribution in [2.45, 2.75) is 25.4 Å². The van der Waals surface area contributed by atoms with Gasteiger partial charge in [-0.25, -0.2) is 4.39 Å². The number of nitrogens with one attached hydrogen (secondary N) is 2. The van der Waals surface area contributed by atoms with E-state index in [1.165, 1.54) is 29.9 Å². The molecule has 0 spiro atoms. The fourth-order valence-corrected chi connectivity index (χ4v) is 2.21. The highest BCUT2D eigenvalue weighted by Gasteiger charge is 2.26. The molecule has 3 rings (SSSR count). The van der Waals surface area contributed by atoms with Crippen LogP contribution in [0.15, 0.2) is 30.3 Å². The van der Waals surface area contributed by atoms with Crippen LogP contribution in [0.4, 0.5) is 4.39 Å². The van der Waals surface area contributed by atoms with Crippen molar-refractivity contribution in [2.75, 3.05) is 7.05 Å². The molecule has 1 aliphatic rings. The minimum atomic E-state index is -0.329. The molecule has 0 radical (unpaired) electrons. The zero-order valence-electron chi connectivity index (χ0n) is 12.7. The van der Waals surface area contributed by atoms with Gasteiger partial charge in [0.25, 0.3) is 11.8 Å². The lowest BCUT2D eigenvalue weighted by Crippen LogP contribution is -2.25. The van der Waals surface area contributed by atoms with Crippen LogP contribution >= 0.6 is 0 Å². The van der Waals surface area contributed by atoms with Crippen LogP contribution < -0.4 is 10.6 Å². The summed E-state index contributed by atoms with van der Waals surface area (Å²) in [6.07, 6.45) is 1.95. The molecule has 2 amide bonds. The molecule has 1 aromatic heterocycles. The summed E-state index contributed by atoms with van der Waals surface area (Å²) in [5, 5.41) is 9.60. The van der Waals surface area contributed by atoms with Gasteiger partial charge >= 0.3 is 0 Å². The first-order valence-corrected chi connectivity index (χ1v) is 7.42. The zero-order valence-corrected chi connectivity index (χ0v) is 12.7. The summed E-state index contributed by atoms with van der Waals surface area (Å²) < 4.78 is 14.4. The van der Waals surface area contributed by atoms with Crippen molar-refractivity contribution in [1.82, 2.24) is 20.4 Å². The monoisotopic (exact) mass is 316 g/mol. The summed E-state index contributed by atoms with van der Waals surface area (Å²) >= 11 is 0. The Kier molecular flexibility index (Phi) is 4.10. The average Bonchev–Trinajstić information content (AvgIpc) is 3.26. The van der Waals surface area contributed by atoms with Gasteiger partial charge in [-0.15, -0.1) is 0 Å². The third kappa shape index (κ3) is 3.56. The van der Waals surface area contributed by atoms with Gasteiger partial charge in [-0.05, 0) is 30.5 Å². The highest BCUT2D eigenvalue weighted by atomic mass is 19.1. The Bertz CT molecular complexity index is 735. The van der Waals surface area contributed by atoms with Crippen LogP contribution in [0.1, 0.15) is 39.4 Å². The van der Waals surface area contributed by atoms with E-state index in [1.807, 2.05) is 0 Å². The first kappa shape index (κ1) is 15.2. The van der Waals surface area contributed by atoms with Crippen LogP contribution in [0.2, 0.25) is 0 Å². The number of nitrogens with zero attached hydrogens (tertiary/aromatic N) is 2. The van der Waals surface area contributed by atoms with E-state index >= 15 is 0 Å². The Morgan fingerprint density at radius 3 is 2.57 bits per heavy atom. The maximum absolute atomic E-state index is 13.0. The number of hydrogen-bond donors (Lipinski definition) is 2. The number of halogens is 1. The van der Waals surface area contributed by atoms with Crippen molar-refractivity contribution in [2.24, 2.45) is 0 Å². The van der Waals surface area contributed by atoms with E-state index in [0.29, 0.717) is 0 Å². The fourth-order valence-electron chi connectivity index (χ4n) is 2.21. The highest BCUT2D eigenvalue weighted by molar-refractivity contribution is 5.98. The molecule has 6 nitrogen and oxygen atoms in total. The van der Waals surface area contributed by atoms with Gasteiger partial charge in [-0.1, -0.05) is 12.1 Å². The Hall–Kier alpha value is -2.70. The minimum Gasteiger partial charge on any atom is -0.354 e. The van der Waals surface area contributed by atoms with Gasteiger partial charge in [-0.2, -0.15) is 5.10 Å². The van der Waals surface area contributed by atoms with Crippen LogP contribution in [0.3, 0.4) is 0 Å². The topological polar surface area (TPSA) is 76.0 Å². The lowest BCUT2D eigenvalue weighted by Gasteiger charge is -2.06. The molecule has 1 aliphatic carbocycles. The lowest BCUT2D eigenvalue weighted by atomic mass is 10.2. The molecule has 1 saturated carbocycles. The number of aromatic nitrogens is 2. The van der Waals surface area contributed by atoms with E-state index in [4.69, 9.17) is 0 Å². The number of carbonyl (C=O) groups is 2. The Morgan fingerprint density at radius 1 is 1.26 bits per heavy atom. The van der Waals surface area contributed by atoms with E-state index in [0.717, 1.165) is 18.4 Å². The Balaban J connectivity index is 1.86. The molecule has 23 heavy (non-hydrogen) atoms. The fraction of sp³-hybridized carbons (Fsp3) is 0.312. The number of carbonyl (C=O) groups excluding carboxylic acids is 2. The van der Waals surface area contributed by atoms with Gasteiger partial charge in [0.05, 0.1) is 6.54 Å². The van der Waals surface area contributed by atoms with Gasteiger partial charge in [-0.3, -0.25) is 14.3 Å². The predicted molar refractivity (Wildman–Crippen MR) is 81.6 cm³/mol. The SMILES string of the molecule is CNC(=O)c1cc(C(=O)NC2CC2)nn1Cc1ccc(F)cc1. The molecule has 0 aliphatic heterocycles. The van der Waals surface area contributed by atoms with Gasteiger partial charge in [0.15, 0.2) is 5.69 Å². The number of benzene rings is 1. The van der Waals surface area contributed by atoms with E-state index in [-0.39, 0.29) is 41.6 Å². The van der Waals surface area contributed by atoms with Gasteiger partial charge < -0.3 is 10.6 Å². The average molecular weight is 316 g/mol. The predicted octanol–water partition coefficient (Wildman–Crippen LogP) is 1.32. The largest absolute Gasteiger partial charge is 0.354 e. The third-order valence-corrected chi connectivity index (χ3v) is 3.63. The van der Waals surface area contributed by atoms with Crippen molar-refractivity contribution in [3.05, 3.63) is 53.1 Å². The first-order chi connectivity index (χ1) is 11.1. The quantitative estimate of drug-likeness (QED) is 0.873. The molecule has 1 fully saturated rings. The summed E-state index contributed by atoms with van der Waals surface area (Å²) in [5.41, 5.74) is 1.28. The van der Waals surface area contributed by atoms with E-state index in [2.05, 4.69) is 15.7 Å². The van der Waals surface area contributed by atoms with Gasteiger partial charge in [0, 0.05) is 19.2 Å². The first-order valence-electron chi connectivity index (χ1n) is 7.42. The molecule has 0 atom stereocenters. The van der Waals surface area contributed by atoms with Gasteiger partial charge in [0.2, 0.25) is 0 Å². The van der Waals surface area contributed by atoms with Crippen LogP contribution in [0.5, 0.6) is 0 Å². The molecule has 0 bridgehead atoms. The van der Waals surface area contributed by atoms with Crippen molar-refractivity contribution in [3.8, 4) is 0 Å². The zero-order chi connectivity index (χ0) is 16.4. The summed E-state index contributed by atoms with van der Waals surface area (Å²) in [5.74, 6) is -0.939. The highest BCUT2D eigenvalue weighted by Crippen LogP contribution is 2.19. The molecule has 2 aromatic rings. The second-order valence-electron chi connectivity index (χ2n) is 5.53. The molecule has 1 aromatic carbocycles. The summed E-state index contributed by atoms with van der Waals surface area (Å²) in [4.78, 5) is 24.1. The van der Waals surface area contributed by atoms with Crippen molar-refractivity contribution in [1.29, 1.82) is 0 Å². The normalized spacial score (nSPS) is 13.7. The Morgan fingerprint density at radius 2 is 1.96 bits per heavy atom. The van der Waals surface area contributed by atoms with Crippen LogP contribution in [0, 0.1) is 5.82 Å². The second-order valence-corrected chi connectivity index (χ2v) is 5.53. The van der Waals surface area contributed by atoms with Crippen molar-refractivity contribution in [3.63, 3.8) is 0 Å². The molecular weight excluding hydrogens is 299 g/mol. The molecular formula is C16H17FN4O2. The molecule has 1 heterocycles. The molecule has 7 heteroatoms. The number of rotatable bonds is 5. The van der Waals surface area contributed by atoms with E-state index < -0.39 is 0 Å². The summed E-state index contributed by atoms with van der Waals surface area (Å²) in [6, 6.07) is 7.62. The molecule has 0 unspecified atom stereocenters. The van der Waals surface area contributed by atoms with Crippen LogP contribution in [-0.2, 0) is 6.54 Å². The minimum absolute atomic E-state index is 0.206. The second kappa shape index (κ2) is 6.20.